The normalized spacial score (nSPS) is 19.2. The summed E-state index contributed by atoms with van der Waals surface area (Å²) in [6.45, 7) is -0.226. The van der Waals surface area contributed by atoms with Gasteiger partial charge in [0.1, 0.15) is 0 Å². The molecule has 0 amide bonds. The molecule has 1 aromatic carbocycles. The first-order chi connectivity index (χ1) is 9.13. The Hall–Kier alpha value is -0.910. The Bertz CT molecular complexity index is 481. The fraction of sp³-hybridized carbons (Fsp3) is 0.571. The van der Waals surface area contributed by atoms with E-state index >= 15 is 0 Å². The van der Waals surface area contributed by atoms with Gasteiger partial charge in [0, 0.05) is 0 Å². The highest BCUT2D eigenvalue weighted by Gasteiger charge is 2.29. The van der Waals surface area contributed by atoms with Crippen molar-refractivity contribution in [2.24, 2.45) is 0 Å². The second kappa shape index (κ2) is 6.50. The van der Waals surface area contributed by atoms with E-state index in [0.717, 1.165) is 37.7 Å². The fourth-order valence-corrected chi connectivity index (χ4v) is 4.32. The number of hydrogen-bond donors (Lipinski definition) is 2. The number of benzene rings is 1. The molecule has 1 saturated carbocycles. The van der Waals surface area contributed by atoms with E-state index in [-0.39, 0.29) is 11.9 Å². The summed E-state index contributed by atoms with van der Waals surface area (Å²) in [5.74, 6) is 0. The molecule has 0 radical (unpaired) electrons. The van der Waals surface area contributed by atoms with Gasteiger partial charge >= 0.3 is 0 Å². The summed E-state index contributed by atoms with van der Waals surface area (Å²) in [5.41, 5.74) is 0.796. The summed E-state index contributed by atoms with van der Waals surface area (Å²) in [4.78, 5) is 0. The van der Waals surface area contributed by atoms with Crippen LogP contribution in [0.25, 0.3) is 0 Å². The average Bonchev–Trinajstić information content (AvgIpc) is 2.47. The molecule has 1 fully saturated rings. The van der Waals surface area contributed by atoms with Crippen molar-refractivity contribution < 1.29 is 13.5 Å². The monoisotopic (exact) mass is 283 g/mol. The molecule has 1 aliphatic carbocycles. The number of nitrogens with one attached hydrogen (secondary N) is 1. The third-order valence-electron chi connectivity index (χ3n) is 3.68. The molecule has 1 aliphatic rings. The summed E-state index contributed by atoms with van der Waals surface area (Å²) >= 11 is 0. The van der Waals surface area contributed by atoms with Crippen molar-refractivity contribution in [1.29, 1.82) is 0 Å². The molecule has 0 heterocycles. The molecule has 1 aromatic rings. The van der Waals surface area contributed by atoms with Gasteiger partial charge in [0.05, 0.1) is 17.9 Å². The Morgan fingerprint density at radius 1 is 1.16 bits per heavy atom. The summed E-state index contributed by atoms with van der Waals surface area (Å²) in [6, 6.07) is 8.65. The molecule has 106 valence electrons. The molecule has 4 nitrogen and oxygen atoms in total. The van der Waals surface area contributed by atoms with Gasteiger partial charge in [0.2, 0.25) is 10.0 Å². The number of aliphatic hydroxyl groups excluding tert-OH is 1. The fourth-order valence-electron chi connectivity index (χ4n) is 2.57. The van der Waals surface area contributed by atoms with Crippen LogP contribution < -0.4 is 4.72 Å². The first-order valence-electron chi connectivity index (χ1n) is 6.80. The number of aliphatic hydroxyl groups is 1. The van der Waals surface area contributed by atoms with E-state index in [0.29, 0.717) is 0 Å². The third kappa shape index (κ3) is 3.78. The first-order valence-corrected chi connectivity index (χ1v) is 8.35. The Kier molecular flexibility index (Phi) is 4.96. The molecule has 2 rings (SSSR count). The van der Waals surface area contributed by atoms with E-state index in [1.54, 1.807) is 0 Å². The highest BCUT2D eigenvalue weighted by Crippen LogP contribution is 2.24. The molecule has 19 heavy (non-hydrogen) atoms. The molecule has 0 bridgehead atoms. The molecule has 0 spiro atoms. The van der Waals surface area contributed by atoms with Gasteiger partial charge in [-0.05, 0) is 18.4 Å². The highest BCUT2D eigenvalue weighted by molar-refractivity contribution is 7.90. The van der Waals surface area contributed by atoms with Gasteiger partial charge in [-0.15, -0.1) is 0 Å². The van der Waals surface area contributed by atoms with Crippen LogP contribution in [0.15, 0.2) is 30.3 Å². The van der Waals surface area contributed by atoms with E-state index in [4.69, 9.17) is 0 Å². The number of sulfonamides is 1. The maximum absolute atomic E-state index is 12.3. The van der Waals surface area contributed by atoms with Gasteiger partial charge in [0.25, 0.3) is 0 Å². The van der Waals surface area contributed by atoms with Crippen LogP contribution in [0.1, 0.15) is 43.7 Å². The van der Waals surface area contributed by atoms with E-state index in [1.807, 2.05) is 30.3 Å². The Morgan fingerprint density at radius 2 is 1.79 bits per heavy atom. The standard InChI is InChI=1S/C14H21NO3S/c16-11-14(12-7-3-1-4-8-12)15-19(17,18)13-9-5-2-6-10-13/h1,3-4,7-8,13-16H,2,5-6,9-11H2. The van der Waals surface area contributed by atoms with Gasteiger partial charge in [-0.25, -0.2) is 13.1 Å². The molecule has 0 aliphatic heterocycles. The molecular formula is C14H21NO3S. The van der Waals surface area contributed by atoms with Gasteiger partial charge in [-0.1, -0.05) is 49.6 Å². The van der Waals surface area contributed by atoms with Gasteiger partial charge < -0.3 is 5.11 Å². The largest absolute Gasteiger partial charge is 0.394 e. The lowest BCUT2D eigenvalue weighted by molar-refractivity contribution is 0.258. The minimum atomic E-state index is -3.35. The van der Waals surface area contributed by atoms with Crippen LogP contribution in [0.2, 0.25) is 0 Å². The Balaban J connectivity index is 2.09. The average molecular weight is 283 g/mol. The minimum absolute atomic E-state index is 0.226. The van der Waals surface area contributed by atoms with Crippen molar-refractivity contribution in [3.05, 3.63) is 35.9 Å². The van der Waals surface area contributed by atoms with Crippen LogP contribution in [0.5, 0.6) is 0 Å². The SMILES string of the molecule is O=S(=O)(NC(CO)c1ccccc1)C1CCCCC1. The maximum atomic E-state index is 12.3. The van der Waals surface area contributed by atoms with Crippen LogP contribution in [0.3, 0.4) is 0 Å². The first kappa shape index (κ1) is 14.5. The van der Waals surface area contributed by atoms with Crippen molar-refractivity contribution in [2.75, 3.05) is 6.61 Å². The zero-order valence-electron chi connectivity index (χ0n) is 11.0. The molecular weight excluding hydrogens is 262 g/mol. The Labute approximate surface area is 114 Å². The zero-order chi connectivity index (χ0) is 13.7. The summed E-state index contributed by atoms with van der Waals surface area (Å²) < 4.78 is 27.3. The van der Waals surface area contributed by atoms with Gasteiger partial charge in [-0.2, -0.15) is 0 Å². The van der Waals surface area contributed by atoms with E-state index in [2.05, 4.69) is 4.72 Å². The van der Waals surface area contributed by atoms with Gasteiger partial charge in [0.15, 0.2) is 0 Å². The lowest BCUT2D eigenvalue weighted by atomic mass is 10.0. The maximum Gasteiger partial charge on any atom is 0.215 e. The van der Waals surface area contributed by atoms with E-state index in [9.17, 15) is 13.5 Å². The molecule has 1 atom stereocenters. The lowest BCUT2D eigenvalue weighted by Crippen LogP contribution is -2.39. The molecule has 1 unspecified atom stereocenters. The summed E-state index contributed by atoms with van der Waals surface area (Å²) in [7, 11) is -3.35. The number of hydrogen-bond acceptors (Lipinski definition) is 3. The van der Waals surface area contributed by atoms with Crippen molar-refractivity contribution in [2.45, 2.75) is 43.4 Å². The van der Waals surface area contributed by atoms with Gasteiger partial charge in [-0.3, -0.25) is 0 Å². The van der Waals surface area contributed by atoms with Crippen molar-refractivity contribution in [3.8, 4) is 0 Å². The summed E-state index contributed by atoms with van der Waals surface area (Å²) in [5, 5.41) is 9.11. The van der Waals surface area contributed by atoms with Crippen molar-refractivity contribution >= 4 is 10.0 Å². The second-order valence-electron chi connectivity index (χ2n) is 5.07. The predicted molar refractivity (Wildman–Crippen MR) is 75.2 cm³/mol. The topological polar surface area (TPSA) is 66.4 Å². The predicted octanol–water partition coefficient (Wildman–Crippen LogP) is 1.97. The van der Waals surface area contributed by atoms with Crippen LogP contribution in [0, 0.1) is 0 Å². The number of rotatable bonds is 5. The van der Waals surface area contributed by atoms with Crippen LogP contribution in [-0.2, 0) is 10.0 Å². The Morgan fingerprint density at radius 3 is 2.37 bits per heavy atom. The lowest BCUT2D eigenvalue weighted by Gasteiger charge is -2.25. The zero-order valence-corrected chi connectivity index (χ0v) is 11.8. The highest BCUT2D eigenvalue weighted by atomic mass is 32.2. The van der Waals surface area contributed by atoms with Crippen molar-refractivity contribution in [3.63, 3.8) is 0 Å². The summed E-state index contributed by atoms with van der Waals surface area (Å²) in [6.07, 6.45) is 4.51. The van der Waals surface area contributed by atoms with Crippen molar-refractivity contribution in [1.82, 2.24) is 4.72 Å². The smallest absolute Gasteiger partial charge is 0.215 e. The van der Waals surface area contributed by atoms with E-state index < -0.39 is 16.1 Å². The third-order valence-corrected chi connectivity index (χ3v) is 5.64. The molecule has 2 N–H and O–H groups in total. The molecule has 0 saturated heterocycles. The van der Waals surface area contributed by atoms with Crippen LogP contribution >= 0.6 is 0 Å². The van der Waals surface area contributed by atoms with E-state index in [1.165, 1.54) is 0 Å². The minimum Gasteiger partial charge on any atom is -0.394 e. The molecule has 0 aromatic heterocycles. The van der Waals surface area contributed by atoms with Crippen LogP contribution in [0.4, 0.5) is 0 Å². The quantitative estimate of drug-likeness (QED) is 0.868. The van der Waals surface area contributed by atoms with Crippen LogP contribution in [-0.4, -0.2) is 25.4 Å². The second-order valence-corrected chi connectivity index (χ2v) is 7.06. The molecule has 5 heteroatoms.